The molecule has 2 aromatic heterocycles. The zero-order valence-electron chi connectivity index (χ0n) is 18.1. The van der Waals surface area contributed by atoms with Crippen LogP contribution in [-0.4, -0.2) is 33.4 Å². The SMILES string of the molecule is CC(C)SC(=O)c1ccc2nc(-c3cc4cc(F)ccc4o3)c(N(C)C(C)C)nc2c1. The van der Waals surface area contributed by atoms with Gasteiger partial charge in [0, 0.05) is 29.3 Å². The molecule has 0 spiro atoms. The van der Waals surface area contributed by atoms with Gasteiger partial charge in [-0.15, -0.1) is 0 Å². The maximum absolute atomic E-state index is 13.6. The molecule has 0 saturated heterocycles. The van der Waals surface area contributed by atoms with Crippen LogP contribution in [0.25, 0.3) is 33.5 Å². The van der Waals surface area contributed by atoms with Crippen molar-refractivity contribution in [2.75, 3.05) is 11.9 Å². The van der Waals surface area contributed by atoms with E-state index in [1.165, 1.54) is 23.9 Å². The Morgan fingerprint density at radius 1 is 1.03 bits per heavy atom. The number of fused-ring (bicyclic) bond motifs is 2. The molecule has 0 amide bonds. The van der Waals surface area contributed by atoms with Crippen molar-refractivity contribution < 1.29 is 13.6 Å². The van der Waals surface area contributed by atoms with E-state index in [2.05, 4.69) is 13.8 Å². The van der Waals surface area contributed by atoms with E-state index in [0.717, 1.165) is 0 Å². The van der Waals surface area contributed by atoms with E-state index in [4.69, 9.17) is 14.4 Å². The molecule has 0 saturated carbocycles. The van der Waals surface area contributed by atoms with Gasteiger partial charge in [-0.25, -0.2) is 14.4 Å². The summed E-state index contributed by atoms with van der Waals surface area (Å²) in [5, 5.41) is 0.889. The number of anilines is 1. The Bertz CT molecular complexity index is 1280. The molecule has 0 N–H and O–H groups in total. The van der Waals surface area contributed by atoms with Crippen molar-refractivity contribution in [1.29, 1.82) is 0 Å². The number of halogens is 1. The Morgan fingerprint density at radius 3 is 2.52 bits per heavy atom. The number of nitrogens with zero attached hydrogens (tertiary/aromatic N) is 3. The Hall–Kier alpha value is -2.93. The first kappa shape index (κ1) is 21.3. The molecule has 4 aromatic rings. The fraction of sp³-hybridized carbons (Fsp3) is 0.292. The molecule has 0 aliphatic rings. The smallest absolute Gasteiger partial charge is 0.219 e. The highest BCUT2D eigenvalue weighted by Gasteiger charge is 2.21. The molecule has 31 heavy (non-hydrogen) atoms. The number of furan rings is 1. The van der Waals surface area contributed by atoms with Crippen molar-refractivity contribution in [3.63, 3.8) is 0 Å². The van der Waals surface area contributed by atoms with Gasteiger partial charge >= 0.3 is 0 Å². The zero-order chi connectivity index (χ0) is 22.3. The molecule has 0 bridgehead atoms. The number of carbonyl (C=O) groups is 1. The number of carbonyl (C=O) groups excluding carboxylic acids is 1. The van der Waals surface area contributed by atoms with E-state index in [1.807, 2.05) is 25.8 Å². The van der Waals surface area contributed by atoms with Gasteiger partial charge in [-0.2, -0.15) is 0 Å². The molecule has 2 aromatic carbocycles. The van der Waals surface area contributed by atoms with Crippen molar-refractivity contribution in [3.05, 3.63) is 53.8 Å². The summed E-state index contributed by atoms with van der Waals surface area (Å²) in [5.41, 5.74) is 3.07. The van der Waals surface area contributed by atoms with Gasteiger partial charge in [0.2, 0.25) is 5.12 Å². The lowest BCUT2D eigenvalue weighted by molar-refractivity contribution is 0.108. The Morgan fingerprint density at radius 2 is 1.81 bits per heavy atom. The second-order valence-electron chi connectivity index (χ2n) is 8.05. The topological polar surface area (TPSA) is 59.2 Å². The van der Waals surface area contributed by atoms with Crippen molar-refractivity contribution in [1.82, 2.24) is 9.97 Å². The molecule has 0 aliphatic heterocycles. The summed E-state index contributed by atoms with van der Waals surface area (Å²) in [6, 6.07) is 11.7. The van der Waals surface area contributed by atoms with E-state index in [0.29, 0.717) is 44.8 Å². The number of hydrogen-bond donors (Lipinski definition) is 0. The maximum Gasteiger partial charge on any atom is 0.219 e. The lowest BCUT2D eigenvalue weighted by atomic mass is 10.1. The fourth-order valence-corrected chi connectivity index (χ4v) is 3.93. The summed E-state index contributed by atoms with van der Waals surface area (Å²) in [6.07, 6.45) is 0. The zero-order valence-corrected chi connectivity index (χ0v) is 19.0. The monoisotopic (exact) mass is 437 g/mol. The van der Waals surface area contributed by atoms with Gasteiger partial charge in [-0.05, 0) is 56.3 Å². The predicted molar refractivity (Wildman–Crippen MR) is 125 cm³/mol. The third-order valence-electron chi connectivity index (χ3n) is 5.04. The summed E-state index contributed by atoms with van der Waals surface area (Å²) in [7, 11) is 1.94. The summed E-state index contributed by atoms with van der Waals surface area (Å²) < 4.78 is 19.6. The lowest BCUT2D eigenvalue weighted by Gasteiger charge is -2.24. The van der Waals surface area contributed by atoms with E-state index in [-0.39, 0.29) is 22.2 Å². The van der Waals surface area contributed by atoms with E-state index in [9.17, 15) is 9.18 Å². The van der Waals surface area contributed by atoms with Crippen LogP contribution in [0.15, 0.2) is 46.9 Å². The first-order valence-electron chi connectivity index (χ1n) is 10.2. The molecular weight excluding hydrogens is 413 g/mol. The van der Waals surface area contributed by atoms with Gasteiger partial charge in [0.15, 0.2) is 11.6 Å². The van der Waals surface area contributed by atoms with Crippen LogP contribution in [0.1, 0.15) is 38.1 Å². The van der Waals surface area contributed by atoms with Crippen LogP contribution in [0.4, 0.5) is 10.2 Å². The molecule has 7 heteroatoms. The molecule has 0 atom stereocenters. The number of aromatic nitrogens is 2. The van der Waals surface area contributed by atoms with Gasteiger partial charge in [0.1, 0.15) is 17.1 Å². The highest BCUT2D eigenvalue weighted by atomic mass is 32.2. The van der Waals surface area contributed by atoms with Gasteiger partial charge in [-0.3, -0.25) is 4.79 Å². The number of rotatable bonds is 5. The Labute approximate surface area is 184 Å². The van der Waals surface area contributed by atoms with Crippen molar-refractivity contribution in [3.8, 4) is 11.5 Å². The molecule has 0 aliphatic carbocycles. The van der Waals surface area contributed by atoms with Gasteiger partial charge < -0.3 is 9.32 Å². The van der Waals surface area contributed by atoms with Gasteiger partial charge in [-0.1, -0.05) is 25.6 Å². The van der Waals surface area contributed by atoms with Crippen LogP contribution in [0.2, 0.25) is 0 Å². The highest BCUT2D eigenvalue weighted by Crippen LogP contribution is 2.34. The largest absolute Gasteiger partial charge is 0.454 e. The molecule has 2 heterocycles. The summed E-state index contributed by atoms with van der Waals surface area (Å²) >= 11 is 1.29. The van der Waals surface area contributed by atoms with Crippen LogP contribution < -0.4 is 4.90 Å². The number of thioether (sulfide) groups is 1. The maximum atomic E-state index is 13.6. The second-order valence-corrected chi connectivity index (χ2v) is 9.60. The predicted octanol–water partition coefficient (Wildman–Crippen LogP) is 6.31. The Kier molecular flexibility index (Phi) is 5.71. The third-order valence-corrected chi connectivity index (χ3v) is 5.97. The van der Waals surface area contributed by atoms with Crippen molar-refractivity contribution in [2.45, 2.75) is 39.0 Å². The average molecular weight is 438 g/mol. The lowest BCUT2D eigenvalue weighted by Crippen LogP contribution is -2.27. The van der Waals surface area contributed by atoms with Crippen LogP contribution in [-0.2, 0) is 0 Å². The first-order valence-corrected chi connectivity index (χ1v) is 11.1. The highest BCUT2D eigenvalue weighted by molar-refractivity contribution is 8.14. The molecule has 0 radical (unpaired) electrons. The molecular formula is C24H24FN3O2S. The minimum atomic E-state index is -0.319. The minimum absolute atomic E-state index is 0.0147. The fourth-order valence-electron chi connectivity index (χ4n) is 3.24. The normalized spacial score (nSPS) is 11.7. The average Bonchev–Trinajstić information content (AvgIpc) is 3.14. The van der Waals surface area contributed by atoms with Crippen molar-refractivity contribution >= 4 is 44.7 Å². The van der Waals surface area contributed by atoms with Gasteiger partial charge in [0.25, 0.3) is 0 Å². The summed E-state index contributed by atoms with van der Waals surface area (Å²) in [5.74, 6) is 0.844. The third kappa shape index (κ3) is 4.28. The molecule has 160 valence electrons. The summed E-state index contributed by atoms with van der Waals surface area (Å²) in [6.45, 7) is 8.10. The number of benzene rings is 2. The van der Waals surface area contributed by atoms with Crippen LogP contribution in [0.5, 0.6) is 0 Å². The molecule has 0 fully saturated rings. The van der Waals surface area contributed by atoms with E-state index >= 15 is 0 Å². The molecule has 5 nitrogen and oxygen atoms in total. The van der Waals surface area contributed by atoms with Gasteiger partial charge in [0.05, 0.1) is 11.0 Å². The van der Waals surface area contributed by atoms with Crippen LogP contribution in [0, 0.1) is 5.82 Å². The second kappa shape index (κ2) is 8.30. The quantitative estimate of drug-likeness (QED) is 0.365. The van der Waals surface area contributed by atoms with Crippen molar-refractivity contribution in [2.24, 2.45) is 0 Å². The van der Waals surface area contributed by atoms with E-state index < -0.39 is 0 Å². The summed E-state index contributed by atoms with van der Waals surface area (Å²) in [4.78, 5) is 24.2. The number of hydrogen-bond acceptors (Lipinski definition) is 6. The standard InChI is InChI=1S/C24H24FN3O2S/c1-13(2)28(5)23-22(21-12-16-10-17(25)7-9-20(16)30-21)26-18-8-6-15(11-19(18)27-23)24(29)31-14(3)4/h6-14H,1-5H3. The molecule has 4 rings (SSSR count). The van der Waals surface area contributed by atoms with E-state index in [1.54, 1.807) is 30.3 Å². The van der Waals surface area contributed by atoms with Crippen LogP contribution in [0.3, 0.4) is 0 Å². The van der Waals surface area contributed by atoms with Crippen LogP contribution >= 0.6 is 11.8 Å². The first-order chi connectivity index (χ1) is 14.7. The Balaban J connectivity index is 1.88. The molecule has 0 unspecified atom stereocenters. The minimum Gasteiger partial charge on any atom is -0.454 e.